The van der Waals surface area contributed by atoms with Crippen LogP contribution in [0.1, 0.15) is 52.2 Å². The van der Waals surface area contributed by atoms with E-state index in [1.807, 2.05) is 24.3 Å². The minimum Gasteiger partial charge on any atom is -0.449 e. The summed E-state index contributed by atoms with van der Waals surface area (Å²) in [5.41, 5.74) is 4.22. The molecule has 6 heteroatoms. The highest BCUT2D eigenvalue weighted by Crippen LogP contribution is 2.30. The second-order valence-corrected chi connectivity index (χ2v) is 7.45. The molecule has 0 unspecified atom stereocenters. The molecule has 2 aromatic carbocycles. The molecule has 0 aliphatic heterocycles. The van der Waals surface area contributed by atoms with Gasteiger partial charge in [-0.2, -0.15) is 0 Å². The van der Waals surface area contributed by atoms with Crippen LogP contribution in [-0.4, -0.2) is 28.7 Å². The number of carbonyl (C=O) groups excluding carboxylic acids is 3. The van der Waals surface area contributed by atoms with Crippen LogP contribution in [0.3, 0.4) is 0 Å². The molecular formula is C24H22N2O4. The average Bonchev–Trinajstić information content (AvgIpc) is 3.20. The number of ketones is 1. The van der Waals surface area contributed by atoms with Gasteiger partial charge >= 0.3 is 5.97 Å². The summed E-state index contributed by atoms with van der Waals surface area (Å²) in [6.45, 7) is 3.02. The fourth-order valence-corrected chi connectivity index (χ4v) is 3.75. The van der Waals surface area contributed by atoms with Gasteiger partial charge in [0.2, 0.25) is 0 Å². The van der Waals surface area contributed by atoms with E-state index >= 15 is 0 Å². The number of hydrogen-bond acceptors (Lipinski definition) is 5. The standard InChI is InChI=1S/C24H22N2O4/c1-14(27)16-10-12-17(13-11-16)25-23(28)15(2)30-24(29)22-18-6-3-4-8-20(18)26-21-9-5-7-19(21)22/h3-4,6,8,10-13,15H,5,7,9H2,1-2H3,(H,25,28)/t15-/m1/s1. The molecule has 0 spiro atoms. The largest absolute Gasteiger partial charge is 0.449 e. The van der Waals surface area contributed by atoms with E-state index in [-0.39, 0.29) is 5.78 Å². The SMILES string of the molecule is CC(=O)c1ccc(NC(=O)[C@@H](C)OC(=O)c2c3c(nc4ccccc24)CCC3)cc1. The monoisotopic (exact) mass is 402 g/mol. The highest BCUT2D eigenvalue weighted by molar-refractivity contribution is 6.06. The van der Waals surface area contributed by atoms with Gasteiger partial charge in [0.15, 0.2) is 11.9 Å². The number of rotatable bonds is 5. The number of amides is 1. The van der Waals surface area contributed by atoms with Crippen molar-refractivity contribution in [1.82, 2.24) is 4.98 Å². The van der Waals surface area contributed by atoms with Crippen molar-refractivity contribution in [3.05, 3.63) is 70.9 Å². The molecule has 30 heavy (non-hydrogen) atoms. The molecule has 152 valence electrons. The molecule has 1 aromatic heterocycles. The number of aryl methyl sites for hydroxylation is 1. The Morgan fingerprint density at radius 2 is 1.77 bits per heavy atom. The number of nitrogens with zero attached hydrogens (tertiary/aromatic N) is 1. The number of fused-ring (bicyclic) bond motifs is 2. The summed E-state index contributed by atoms with van der Waals surface area (Å²) in [4.78, 5) is 41.6. The smallest absolute Gasteiger partial charge is 0.339 e. The van der Waals surface area contributed by atoms with Crippen molar-refractivity contribution >= 4 is 34.3 Å². The van der Waals surface area contributed by atoms with Gasteiger partial charge in [0.05, 0.1) is 11.1 Å². The zero-order valence-electron chi connectivity index (χ0n) is 16.9. The summed E-state index contributed by atoms with van der Waals surface area (Å²) in [7, 11) is 0. The number of nitrogens with one attached hydrogen (secondary N) is 1. The van der Waals surface area contributed by atoms with E-state index in [0.29, 0.717) is 16.8 Å². The number of esters is 1. The van der Waals surface area contributed by atoms with E-state index in [2.05, 4.69) is 10.3 Å². The molecule has 4 rings (SSSR count). The van der Waals surface area contributed by atoms with Crippen LogP contribution in [0.5, 0.6) is 0 Å². The van der Waals surface area contributed by atoms with E-state index in [0.717, 1.165) is 41.4 Å². The van der Waals surface area contributed by atoms with E-state index in [1.165, 1.54) is 6.92 Å². The fraction of sp³-hybridized carbons (Fsp3) is 0.250. The minimum absolute atomic E-state index is 0.0488. The summed E-state index contributed by atoms with van der Waals surface area (Å²) >= 11 is 0. The zero-order chi connectivity index (χ0) is 21.3. The first-order chi connectivity index (χ1) is 14.4. The van der Waals surface area contributed by atoms with E-state index in [1.54, 1.807) is 31.2 Å². The number of carbonyl (C=O) groups is 3. The molecule has 1 aliphatic rings. The van der Waals surface area contributed by atoms with Gasteiger partial charge in [-0.3, -0.25) is 14.6 Å². The molecule has 0 bridgehead atoms. The topological polar surface area (TPSA) is 85.4 Å². The lowest BCUT2D eigenvalue weighted by atomic mass is 10.0. The maximum Gasteiger partial charge on any atom is 0.339 e. The lowest BCUT2D eigenvalue weighted by molar-refractivity contribution is -0.123. The average molecular weight is 402 g/mol. The highest BCUT2D eigenvalue weighted by atomic mass is 16.5. The van der Waals surface area contributed by atoms with Gasteiger partial charge in [-0.15, -0.1) is 0 Å². The lowest BCUT2D eigenvalue weighted by Crippen LogP contribution is -2.30. The molecule has 0 radical (unpaired) electrons. The second-order valence-electron chi connectivity index (χ2n) is 7.45. The summed E-state index contributed by atoms with van der Waals surface area (Å²) in [6.07, 6.45) is 1.59. The first kappa shape index (κ1) is 19.8. The Morgan fingerprint density at radius 1 is 1.03 bits per heavy atom. The molecule has 1 amide bonds. The van der Waals surface area contributed by atoms with Crippen LogP contribution < -0.4 is 5.32 Å². The second kappa shape index (κ2) is 8.06. The molecule has 1 heterocycles. The number of aromatic nitrogens is 1. The maximum atomic E-state index is 13.0. The van der Waals surface area contributed by atoms with Crippen molar-refractivity contribution in [1.29, 1.82) is 0 Å². The summed E-state index contributed by atoms with van der Waals surface area (Å²) < 4.78 is 5.53. The van der Waals surface area contributed by atoms with Gasteiger partial charge in [-0.05, 0) is 69.0 Å². The third-order valence-corrected chi connectivity index (χ3v) is 5.34. The molecule has 1 aliphatic carbocycles. The van der Waals surface area contributed by atoms with E-state index in [9.17, 15) is 14.4 Å². The Morgan fingerprint density at radius 3 is 2.50 bits per heavy atom. The van der Waals surface area contributed by atoms with Gasteiger partial charge in [-0.1, -0.05) is 18.2 Å². The minimum atomic E-state index is -0.978. The maximum absolute atomic E-state index is 13.0. The quantitative estimate of drug-likeness (QED) is 0.513. The molecule has 0 saturated carbocycles. The van der Waals surface area contributed by atoms with Crippen molar-refractivity contribution < 1.29 is 19.1 Å². The van der Waals surface area contributed by atoms with Crippen molar-refractivity contribution in [3.8, 4) is 0 Å². The Kier molecular flexibility index (Phi) is 5.31. The molecule has 1 N–H and O–H groups in total. The van der Waals surface area contributed by atoms with Crippen molar-refractivity contribution in [3.63, 3.8) is 0 Å². The van der Waals surface area contributed by atoms with Gasteiger partial charge in [0, 0.05) is 22.3 Å². The van der Waals surface area contributed by atoms with Crippen LogP contribution in [0.4, 0.5) is 5.69 Å². The van der Waals surface area contributed by atoms with Crippen molar-refractivity contribution in [2.75, 3.05) is 5.32 Å². The van der Waals surface area contributed by atoms with Crippen LogP contribution in [0.15, 0.2) is 48.5 Å². The molecule has 1 atom stereocenters. The number of hydrogen-bond donors (Lipinski definition) is 1. The first-order valence-corrected chi connectivity index (χ1v) is 9.97. The Labute approximate surface area is 174 Å². The molecule has 0 fully saturated rings. The Bertz CT molecular complexity index is 1150. The van der Waals surface area contributed by atoms with Crippen LogP contribution in [0.2, 0.25) is 0 Å². The number of benzene rings is 2. The third-order valence-electron chi connectivity index (χ3n) is 5.34. The Hall–Kier alpha value is -3.54. The highest BCUT2D eigenvalue weighted by Gasteiger charge is 2.27. The molecule has 6 nitrogen and oxygen atoms in total. The predicted octanol–water partition coefficient (Wildman–Crippen LogP) is 4.11. The van der Waals surface area contributed by atoms with Crippen LogP contribution in [0, 0.1) is 0 Å². The number of ether oxygens (including phenoxy) is 1. The summed E-state index contributed by atoms with van der Waals surface area (Å²) in [5, 5.41) is 3.46. The zero-order valence-corrected chi connectivity index (χ0v) is 16.9. The van der Waals surface area contributed by atoms with Crippen LogP contribution >= 0.6 is 0 Å². The van der Waals surface area contributed by atoms with Crippen LogP contribution in [0.25, 0.3) is 10.9 Å². The van der Waals surface area contributed by atoms with Gasteiger partial charge in [-0.25, -0.2) is 4.79 Å². The van der Waals surface area contributed by atoms with Crippen molar-refractivity contribution in [2.24, 2.45) is 0 Å². The normalized spacial score (nSPS) is 13.5. The number of pyridine rings is 1. The molecule has 3 aromatic rings. The van der Waals surface area contributed by atoms with E-state index < -0.39 is 18.0 Å². The first-order valence-electron chi connectivity index (χ1n) is 9.97. The number of Topliss-reactive ketones (excluding diaryl/α,β-unsaturated/α-hetero) is 1. The Balaban J connectivity index is 1.52. The predicted molar refractivity (Wildman–Crippen MR) is 114 cm³/mol. The number of anilines is 1. The van der Waals surface area contributed by atoms with Gasteiger partial charge in [0.25, 0.3) is 5.91 Å². The lowest BCUT2D eigenvalue weighted by Gasteiger charge is -2.16. The van der Waals surface area contributed by atoms with Gasteiger partial charge in [0.1, 0.15) is 0 Å². The van der Waals surface area contributed by atoms with E-state index in [4.69, 9.17) is 4.74 Å². The van der Waals surface area contributed by atoms with Gasteiger partial charge < -0.3 is 10.1 Å². The molecule has 0 saturated heterocycles. The summed E-state index contributed by atoms with van der Waals surface area (Å²) in [5.74, 6) is -0.998. The van der Waals surface area contributed by atoms with Crippen LogP contribution in [-0.2, 0) is 22.4 Å². The summed E-state index contributed by atoms with van der Waals surface area (Å²) in [6, 6.07) is 14.1. The molecular weight excluding hydrogens is 380 g/mol. The third kappa shape index (κ3) is 3.81. The van der Waals surface area contributed by atoms with Crippen molar-refractivity contribution in [2.45, 2.75) is 39.2 Å². The fourth-order valence-electron chi connectivity index (χ4n) is 3.75. The number of para-hydroxylation sites is 1.